The molecule has 23 heavy (non-hydrogen) atoms. The number of aliphatic hydroxyl groups excluding tert-OH is 1. The fourth-order valence-electron chi connectivity index (χ4n) is 3.17. The Bertz CT molecular complexity index is 639. The zero-order valence-electron chi connectivity index (χ0n) is 13.6. The molecule has 1 fully saturated rings. The molecule has 1 saturated heterocycles. The minimum atomic E-state index is -0.265. The predicted octanol–water partition coefficient (Wildman–Crippen LogP) is 4.15. The van der Waals surface area contributed by atoms with Gasteiger partial charge in [-0.15, -0.1) is 0 Å². The average molecular weight is 335 g/mol. The van der Waals surface area contributed by atoms with Gasteiger partial charge in [-0.1, -0.05) is 11.6 Å². The third-order valence-electron chi connectivity index (χ3n) is 4.73. The van der Waals surface area contributed by atoms with Crippen LogP contribution in [0.2, 0.25) is 5.02 Å². The van der Waals surface area contributed by atoms with Gasteiger partial charge >= 0.3 is 0 Å². The summed E-state index contributed by atoms with van der Waals surface area (Å²) in [7, 11) is 0. The maximum absolute atomic E-state index is 9.85. The highest BCUT2D eigenvalue weighted by molar-refractivity contribution is 6.30. The van der Waals surface area contributed by atoms with Gasteiger partial charge in [0, 0.05) is 17.1 Å². The molecule has 1 N–H and O–H groups in total. The van der Waals surface area contributed by atoms with Crippen molar-refractivity contribution in [3.05, 3.63) is 41.4 Å². The number of nitrogens with zero attached hydrogens (tertiary/aromatic N) is 2. The van der Waals surface area contributed by atoms with E-state index < -0.39 is 0 Å². The summed E-state index contributed by atoms with van der Waals surface area (Å²) in [5.74, 6) is 1.81. The first-order valence-corrected chi connectivity index (χ1v) is 8.56. The third kappa shape index (κ3) is 3.77. The van der Waals surface area contributed by atoms with Crippen LogP contribution in [0.4, 0.5) is 0 Å². The van der Waals surface area contributed by atoms with Crippen LogP contribution in [0, 0.1) is 5.92 Å². The Hall–Kier alpha value is -1.36. The summed E-state index contributed by atoms with van der Waals surface area (Å²) in [5, 5.41) is 10.6. The van der Waals surface area contributed by atoms with Crippen molar-refractivity contribution in [1.29, 1.82) is 0 Å². The van der Waals surface area contributed by atoms with E-state index in [0.29, 0.717) is 10.9 Å². The van der Waals surface area contributed by atoms with E-state index in [1.165, 1.54) is 0 Å². The second-order valence-corrected chi connectivity index (χ2v) is 6.82. The van der Waals surface area contributed by atoms with Crippen molar-refractivity contribution in [2.24, 2.45) is 5.92 Å². The molecule has 0 radical (unpaired) electrons. The van der Waals surface area contributed by atoms with Gasteiger partial charge in [0.25, 0.3) is 0 Å². The number of likely N-dealkylation sites (tertiary alicyclic amines) is 1. The van der Waals surface area contributed by atoms with Crippen molar-refractivity contribution >= 4 is 11.6 Å². The number of halogens is 1. The molecule has 4 nitrogen and oxygen atoms in total. The van der Waals surface area contributed by atoms with E-state index in [-0.39, 0.29) is 12.1 Å². The fraction of sp³-hybridized carbons (Fsp3) is 0.500. The van der Waals surface area contributed by atoms with Crippen molar-refractivity contribution in [3.8, 4) is 11.3 Å². The lowest BCUT2D eigenvalue weighted by Crippen LogP contribution is -2.40. The predicted molar refractivity (Wildman–Crippen MR) is 91.3 cm³/mol. The summed E-state index contributed by atoms with van der Waals surface area (Å²) in [6, 6.07) is 7.67. The Morgan fingerprint density at radius 1 is 1.30 bits per heavy atom. The Morgan fingerprint density at radius 2 is 2.04 bits per heavy atom. The van der Waals surface area contributed by atoms with Gasteiger partial charge in [-0.25, -0.2) is 4.98 Å². The van der Waals surface area contributed by atoms with E-state index >= 15 is 0 Å². The minimum Gasteiger partial charge on any atom is -0.439 e. The molecule has 3 unspecified atom stereocenters. The number of hydrogen-bond donors (Lipinski definition) is 1. The van der Waals surface area contributed by atoms with Crippen LogP contribution in [0.15, 0.2) is 34.9 Å². The summed E-state index contributed by atoms with van der Waals surface area (Å²) in [6.45, 7) is 5.89. The molecule has 1 aromatic heterocycles. The molecule has 1 aliphatic rings. The van der Waals surface area contributed by atoms with E-state index in [4.69, 9.17) is 16.0 Å². The average Bonchev–Trinajstić information content (AvgIpc) is 3.05. The molecule has 0 aliphatic carbocycles. The maximum Gasteiger partial charge on any atom is 0.211 e. The van der Waals surface area contributed by atoms with E-state index in [1.54, 1.807) is 6.20 Å². The quantitative estimate of drug-likeness (QED) is 0.912. The maximum atomic E-state index is 9.85. The number of hydrogen-bond acceptors (Lipinski definition) is 4. The SMILES string of the molecule is CC(O)C1CCCN(C(C)c2ncc(-c3ccc(Cl)cc3)o2)C1. The first kappa shape index (κ1) is 16.5. The molecule has 2 aromatic rings. The summed E-state index contributed by atoms with van der Waals surface area (Å²) < 4.78 is 5.96. The number of oxazole rings is 1. The van der Waals surface area contributed by atoms with Crippen molar-refractivity contribution in [3.63, 3.8) is 0 Å². The van der Waals surface area contributed by atoms with Gasteiger partial charge in [0.05, 0.1) is 18.3 Å². The van der Waals surface area contributed by atoms with E-state index in [9.17, 15) is 5.11 Å². The number of aromatic nitrogens is 1. The van der Waals surface area contributed by atoms with E-state index in [2.05, 4.69) is 16.8 Å². The monoisotopic (exact) mass is 334 g/mol. The van der Waals surface area contributed by atoms with Crippen molar-refractivity contribution in [2.45, 2.75) is 38.8 Å². The molecule has 0 amide bonds. The molecule has 0 bridgehead atoms. The van der Waals surface area contributed by atoms with Crippen molar-refractivity contribution in [1.82, 2.24) is 9.88 Å². The summed E-state index contributed by atoms with van der Waals surface area (Å²) in [5.41, 5.74) is 0.973. The van der Waals surface area contributed by atoms with E-state index in [0.717, 1.165) is 43.1 Å². The number of benzene rings is 1. The van der Waals surface area contributed by atoms with Crippen LogP contribution in [-0.4, -0.2) is 34.2 Å². The first-order valence-electron chi connectivity index (χ1n) is 8.18. The largest absolute Gasteiger partial charge is 0.439 e. The van der Waals surface area contributed by atoms with Crippen molar-refractivity contribution in [2.75, 3.05) is 13.1 Å². The standard InChI is InChI=1S/C18H23ClN2O2/c1-12(21-9-3-4-15(11-21)13(2)22)18-20-10-17(23-18)14-5-7-16(19)8-6-14/h5-8,10,12-13,15,22H,3-4,9,11H2,1-2H3. The van der Waals surface area contributed by atoms with Gasteiger partial charge in [0.15, 0.2) is 5.76 Å². The van der Waals surface area contributed by atoms with Crippen LogP contribution >= 0.6 is 11.6 Å². The smallest absolute Gasteiger partial charge is 0.211 e. The molecule has 1 aromatic carbocycles. The van der Waals surface area contributed by atoms with Crippen LogP contribution in [0.1, 0.15) is 38.6 Å². The Balaban J connectivity index is 1.73. The highest BCUT2D eigenvalue weighted by Gasteiger charge is 2.29. The molecule has 0 spiro atoms. The number of aliphatic hydroxyl groups is 1. The lowest BCUT2D eigenvalue weighted by molar-refractivity contribution is 0.0418. The van der Waals surface area contributed by atoms with Crippen LogP contribution in [-0.2, 0) is 0 Å². The van der Waals surface area contributed by atoms with Crippen molar-refractivity contribution < 1.29 is 9.52 Å². The normalized spacial score (nSPS) is 22.0. The molecule has 3 rings (SSSR count). The summed E-state index contributed by atoms with van der Waals surface area (Å²) in [4.78, 5) is 6.80. The molecular formula is C18H23ClN2O2. The molecule has 5 heteroatoms. The van der Waals surface area contributed by atoms with Crippen LogP contribution in [0.5, 0.6) is 0 Å². The molecule has 1 aliphatic heterocycles. The Labute approximate surface area is 142 Å². The highest BCUT2D eigenvalue weighted by atomic mass is 35.5. The van der Waals surface area contributed by atoms with Gasteiger partial charge < -0.3 is 9.52 Å². The number of rotatable bonds is 4. The lowest BCUT2D eigenvalue weighted by atomic mass is 9.92. The van der Waals surface area contributed by atoms with Gasteiger partial charge in [0.2, 0.25) is 5.89 Å². The van der Waals surface area contributed by atoms with E-state index in [1.807, 2.05) is 31.2 Å². The zero-order chi connectivity index (χ0) is 16.4. The third-order valence-corrected chi connectivity index (χ3v) is 4.98. The van der Waals surface area contributed by atoms with Gasteiger partial charge in [0.1, 0.15) is 0 Å². The first-order chi connectivity index (χ1) is 11.0. The molecule has 3 atom stereocenters. The van der Waals surface area contributed by atoms with Gasteiger partial charge in [-0.2, -0.15) is 0 Å². The molecular weight excluding hydrogens is 312 g/mol. The zero-order valence-corrected chi connectivity index (χ0v) is 14.3. The number of piperidine rings is 1. The molecule has 124 valence electrons. The minimum absolute atomic E-state index is 0.109. The van der Waals surface area contributed by atoms with Crippen LogP contribution in [0.3, 0.4) is 0 Å². The fourth-order valence-corrected chi connectivity index (χ4v) is 3.30. The van der Waals surface area contributed by atoms with Gasteiger partial charge in [-0.05, 0) is 63.4 Å². The lowest BCUT2D eigenvalue weighted by Gasteiger charge is -2.36. The topological polar surface area (TPSA) is 49.5 Å². The summed E-state index contributed by atoms with van der Waals surface area (Å²) >= 11 is 5.92. The second-order valence-electron chi connectivity index (χ2n) is 6.38. The second kappa shape index (κ2) is 7.04. The Morgan fingerprint density at radius 3 is 2.74 bits per heavy atom. The highest BCUT2D eigenvalue weighted by Crippen LogP contribution is 2.30. The molecule has 2 heterocycles. The van der Waals surface area contributed by atoms with Crippen LogP contribution in [0.25, 0.3) is 11.3 Å². The van der Waals surface area contributed by atoms with Crippen LogP contribution < -0.4 is 0 Å². The Kier molecular flexibility index (Phi) is 5.05. The van der Waals surface area contributed by atoms with Gasteiger partial charge in [-0.3, -0.25) is 4.90 Å². The summed E-state index contributed by atoms with van der Waals surface area (Å²) in [6.07, 6.45) is 3.69. The molecule has 0 saturated carbocycles.